The second kappa shape index (κ2) is 6.53. The van der Waals surface area contributed by atoms with Gasteiger partial charge in [0.1, 0.15) is 5.78 Å². The molecule has 2 heteroatoms. The molecule has 0 heterocycles. The van der Waals surface area contributed by atoms with E-state index in [1.54, 1.807) is 0 Å². The van der Waals surface area contributed by atoms with Crippen LogP contribution in [0.2, 0.25) is 5.02 Å². The summed E-state index contributed by atoms with van der Waals surface area (Å²) in [4.78, 5) is 12.4. The van der Waals surface area contributed by atoms with Crippen molar-refractivity contribution in [3.8, 4) is 0 Å². The molecule has 0 aliphatic rings. The number of rotatable bonds is 5. The van der Waals surface area contributed by atoms with Gasteiger partial charge in [0.25, 0.3) is 0 Å². The normalized spacial score (nSPS) is 12.1. The molecule has 1 atom stereocenters. The largest absolute Gasteiger partial charge is 0.299 e. The van der Waals surface area contributed by atoms with E-state index in [1.807, 2.05) is 61.5 Å². The molecule has 0 fully saturated rings. The van der Waals surface area contributed by atoms with Crippen molar-refractivity contribution in [2.75, 3.05) is 0 Å². The van der Waals surface area contributed by atoms with Crippen molar-refractivity contribution in [2.45, 2.75) is 25.7 Å². The van der Waals surface area contributed by atoms with E-state index in [0.717, 1.165) is 17.5 Å². The SMILES string of the molecule is CCC(C(=O)Cc1cccc(Cl)c1)c1ccccc1. The zero-order chi connectivity index (χ0) is 13.7. The first-order chi connectivity index (χ1) is 9.20. The van der Waals surface area contributed by atoms with Gasteiger partial charge in [0, 0.05) is 17.4 Å². The fourth-order valence-electron chi connectivity index (χ4n) is 2.31. The molecule has 0 saturated heterocycles. The van der Waals surface area contributed by atoms with Gasteiger partial charge in [0.15, 0.2) is 0 Å². The molecule has 0 N–H and O–H groups in total. The van der Waals surface area contributed by atoms with E-state index in [4.69, 9.17) is 11.6 Å². The number of hydrogen-bond donors (Lipinski definition) is 0. The minimum Gasteiger partial charge on any atom is -0.299 e. The first-order valence-corrected chi connectivity index (χ1v) is 6.90. The summed E-state index contributed by atoms with van der Waals surface area (Å²) in [5, 5.41) is 0.679. The molecule has 98 valence electrons. The summed E-state index contributed by atoms with van der Waals surface area (Å²) in [7, 11) is 0. The lowest BCUT2D eigenvalue weighted by Crippen LogP contribution is -2.14. The van der Waals surface area contributed by atoms with E-state index >= 15 is 0 Å². The highest BCUT2D eigenvalue weighted by Crippen LogP contribution is 2.22. The van der Waals surface area contributed by atoms with Crippen molar-refractivity contribution in [2.24, 2.45) is 0 Å². The summed E-state index contributed by atoms with van der Waals surface area (Å²) >= 11 is 5.95. The molecule has 0 aliphatic heterocycles. The van der Waals surface area contributed by atoms with Gasteiger partial charge in [-0.1, -0.05) is 61.0 Å². The van der Waals surface area contributed by atoms with Crippen molar-refractivity contribution in [1.29, 1.82) is 0 Å². The van der Waals surface area contributed by atoms with Gasteiger partial charge < -0.3 is 0 Å². The minimum atomic E-state index is -0.0276. The molecule has 0 aliphatic carbocycles. The lowest BCUT2D eigenvalue weighted by Gasteiger charge is -2.14. The van der Waals surface area contributed by atoms with Crippen molar-refractivity contribution >= 4 is 17.4 Å². The molecule has 2 rings (SSSR count). The van der Waals surface area contributed by atoms with Crippen molar-refractivity contribution < 1.29 is 4.79 Å². The zero-order valence-electron chi connectivity index (χ0n) is 11.0. The quantitative estimate of drug-likeness (QED) is 0.775. The Balaban J connectivity index is 2.14. The predicted molar refractivity (Wildman–Crippen MR) is 79.6 cm³/mol. The number of ketones is 1. The molecular weight excluding hydrogens is 256 g/mol. The average Bonchev–Trinajstić information content (AvgIpc) is 2.41. The fourth-order valence-corrected chi connectivity index (χ4v) is 2.52. The Morgan fingerprint density at radius 1 is 1.11 bits per heavy atom. The van der Waals surface area contributed by atoms with E-state index in [0.29, 0.717) is 11.4 Å². The van der Waals surface area contributed by atoms with Gasteiger partial charge in [-0.05, 0) is 29.7 Å². The van der Waals surface area contributed by atoms with Crippen molar-refractivity contribution in [3.63, 3.8) is 0 Å². The molecule has 0 saturated carbocycles. The van der Waals surface area contributed by atoms with Gasteiger partial charge in [-0.15, -0.1) is 0 Å². The number of hydrogen-bond acceptors (Lipinski definition) is 1. The smallest absolute Gasteiger partial charge is 0.144 e. The fraction of sp³-hybridized carbons (Fsp3) is 0.235. The third-order valence-electron chi connectivity index (χ3n) is 3.27. The Morgan fingerprint density at radius 2 is 1.84 bits per heavy atom. The second-order valence-electron chi connectivity index (χ2n) is 4.64. The Labute approximate surface area is 119 Å². The van der Waals surface area contributed by atoms with Gasteiger partial charge in [-0.3, -0.25) is 4.79 Å². The van der Waals surface area contributed by atoms with E-state index in [2.05, 4.69) is 0 Å². The van der Waals surface area contributed by atoms with E-state index in [1.165, 1.54) is 0 Å². The number of halogens is 1. The van der Waals surface area contributed by atoms with Crippen LogP contribution in [-0.2, 0) is 11.2 Å². The van der Waals surface area contributed by atoms with Crippen LogP contribution in [0, 0.1) is 0 Å². The Kier molecular flexibility index (Phi) is 4.75. The van der Waals surface area contributed by atoms with Crippen LogP contribution in [0.25, 0.3) is 0 Å². The topological polar surface area (TPSA) is 17.1 Å². The minimum absolute atomic E-state index is 0.0276. The van der Waals surface area contributed by atoms with Crippen LogP contribution in [0.15, 0.2) is 54.6 Å². The van der Waals surface area contributed by atoms with Gasteiger partial charge in [-0.2, -0.15) is 0 Å². The van der Waals surface area contributed by atoms with E-state index < -0.39 is 0 Å². The summed E-state index contributed by atoms with van der Waals surface area (Å²) < 4.78 is 0. The molecule has 0 bridgehead atoms. The third-order valence-corrected chi connectivity index (χ3v) is 3.50. The molecule has 0 radical (unpaired) electrons. The maximum atomic E-state index is 12.4. The summed E-state index contributed by atoms with van der Waals surface area (Å²) in [6, 6.07) is 17.5. The third kappa shape index (κ3) is 3.68. The molecule has 1 unspecified atom stereocenters. The van der Waals surface area contributed by atoms with Crippen LogP contribution in [-0.4, -0.2) is 5.78 Å². The van der Waals surface area contributed by atoms with Gasteiger partial charge in [0.05, 0.1) is 0 Å². The molecule has 19 heavy (non-hydrogen) atoms. The maximum Gasteiger partial charge on any atom is 0.144 e. The van der Waals surface area contributed by atoms with Crippen LogP contribution >= 0.6 is 11.6 Å². The van der Waals surface area contributed by atoms with Crippen LogP contribution in [0.4, 0.5) is 0 Å². The average molecular weight is 273 g/mol. The summed E-state index contributed by atoms with van der Waals surface area (Å²) in [5.41, 5.74) is 2.07. The van der Waals surface area contributed by atoms with Gasteiger partial charge in [0.2, 0.25) is 0 Å². The van der Waals surface area contributed by atoms with E-state index in [-0.39, 0.29) is 11.7 Å². The van der Waals surface area contributed by atoms with Crippen LogP contribution in [0.3, 0.4) is 0 Å². The molecule has 0 amide bonds. The molecule has 0 spiro atoms. The Bertz CT molecular complexity index is 548. The van der Waals surface area contributed by atoms with Gasteiger partial charge in [-0.25, -0.2) is 0 Å². The molecule has 0 aromatic heterocycles. The molecular formula is C17H17ClO. The summed E-state index contributed by atoms with van der Waals surface area (Å²) in [5.74, 6) is 0.219. The highest BCUT2D eigenvalue weighted by Gasteiger charge is 2.18. The maximum absolute atomic E-state index is 12.4. The van der Waals surface area contributed by atoms with Crippen molar-refractivity contribution in [3.05, 3.63) is 70.7 Å². The predicted octanol–water partition coefficient (Wildman–Crippen LogP) is 4.65. The summed E-state index contributed by atoms with van der Waals surface area (Å²) in [6.45, 7) is 2.05. The van der Waals surface area contributed by atoms with E-state index in [9.17, 15) is 4.79 Å². The molecule has 2 aromatic rings. The second-order valence-corrected chi connectivity index (χ2v) is 5.08. The Morgan fingerprint density at radius 3 is 2.47 bits per heavy atom. The molecule has 1 nitrogen and oxygen atoms in total. The first-order valence-electron chi connectivity index (χ1n) is 6.52. The number of carbonyl (C=O) groups is 1. The van der Waals surface area contributed by atoms with Crippen LogP contribution in [0.5, 0.6) is 0 Å². The number of carbonyl (C=O) groups excluding carboxylic acids is 1. The van der Waals surface area contributed by atoms with Crippen molar-refractivity contribution in [1.82, 2.24) is 0 Å². The summed E-state index contributed by atoms with van der Waals surface area (Å²) in [6.07, 6.45) is 1.26. The number of Topliss-reactive ketones (excluding diaryl/α,β-unsaturated/α-hetero) is 1. The zero-order valence-corrected chi connectivity index (χ0v) is 11.7. The highest BCUT2D eigenvalue weighted by molar-refractivity contribution is 6.30. The van der Waals surface area contributed by atoms with Gasteiger partial charge >= 0.3 is 0 Å². The monoisotopic (exact) mass is 272 g/mol. The first kappa shape index (κ1) is 13.8. The molecule has 2 aromatic carbocycles. The lowest BCUT2D eigenvalue weighted by molar-refractivity contribution is -0.119. The lowest BCUT2D eigenvalue weighted by atomic mass is 9.89. The Hall–Kier alpha value is -1.60. The van der Waals surface area contributed by atoms with Crippen LogP contribution in [0.1, 0.15) is 30.4 Å². The van der Waals surface area contributed by atoms with Crippen LogP contribution < -0.4 is 0 Å². The standard InChI is InChI=1S/C17H17ClO/c1-2-16(14-8-4-3-5-9-14)17(19)12-13-7-6-10-15(18)11-13/h3-11,16H,2,12H2,1H3. The number of benzene rings is 2. The highest BCUT2D eigenvalue weighted by atomic mass is 35.5.